The molecule has 2 bridgehead atoms. The highest BCUT2D eigenvalue weighted by atomic mass is 35.5. The molecule has 0 spiro atoms. The molecule has 1 aromatic carbocycles. The summed E-state index contributed by atoms with van der Waals surface area (Å²) in [5.41, 5.74) is 0.416. The van der Waals surface area contributed by atoms with E-state index in [-0.39, 0.29) is 36.0 Å². The molecular formula is C20H26ClNO4. The highest BCUT2D eigenvalue weighted by Gasteiger charge is 2.50. The van der Waals surface area contributed by atoms with E-state index in [1.807, 2.05) is 4.90 Å². The molecule has 1 aromatic rings. The van der Waals surface area contributed by atoms with Gasteiger partial charge < -0.3 is 14.4 Å². The van der Waals surface area contributed by atoms with Gasteiger partial charge in [-0.05, 0) is 54.4 Å². The van der Waals surface area contributed by atoms with E-state index < -0.39 is 5.97 Å². The molecule has 3 rings (SSSR count). The van der Waals surface area contributed by atoms with Crippen LogP contribution in [0, 0.1) is 10.8 Å². The van der Waals surface area contributed by atoms with E-state index >= 15 is 0 Å². The summed E-state index contributed by atoms with van der Waals surface area (Å²) in [6.45, 7) is 7.07. The summed E-state index contributed by atoms with van der Waals surface area (Å²) in [5.74, 6) is -0.139. The Balaban J connectivity index is 1.47. The molecule has 1 saturated heterocycles. The van der Waals surface area contributed by atoms with E-state index in [2.05, 4.69) is 20.8 Å². The van der Waals surface area contributed by atoms with Crippen LogP contribution in [0.1, 0.15) is 40.0 Å². The van der Waals surface area contributed by atoms with Crippen molar-refractivity contribution in [2.24, 2.45) is 10.8 Å². The molecule has 5 nitrogen and oxygen atoms in total. The number of carbonyl (C=O) groups is 2. The van der Waals surface area contributed by atoms with Gasteiger partial charge in [0.2, 0.25) is 0 Å². The van der Waals surface area contributed by atoms with Crippen molar-refractivity contribution < 1.29 is 19.1 Å². The molecule has 1 amide bonds. The van der Waals surface area contributed by atoms with Gasteiger partial charge in [0.15, 0.2) is 13.2 Å². The molecule has 1 saturated carbocycles. The standard InChI is InChI=1S/C20H26ClNO4/c1-19(2)8-15-9-20(3,12-19)13-22(15)17(23)10-26-18(24)11-25-16-6-4-14(21)5-7-16/h4-7,15H,8-13H2,1-3H3/t15-,20+/m1/s1. The van der Waals surface area contributed by atoms with Gasteiger partial charge >= 0.3 is 5.97 Å². The number of fused-ring (bicyclic) bond motifs is 2. The van der Waals surface area contributed by atoms with Gasteiger partial charge in [0, 0.05) is 17.6 Å². The number of amides is 1. The van der Waals surface area contributed by atoms with Gasteiger partial charge in [-0.3, -0.25) is 4.79 Å². The number of likely N-dealkylation sites (tertiary alicyclic amines) is 1. The van der Waals surface area contributed by atoms with Crippen molar-refractivity contribution in [1.29, 1.82) is 0 Å². The second-order valence-corrected chi connectivity index (χ2v) is 9.08. The molecule has 0 N–H and O–H groups in total. The van der Waals surface area contributed by atoms with Crippen molar-refractivity contribution in [2.75, 3.05) is 19.8 Å². The molecule has 2 fully saturated rings. The Labute approximate surface area is 159 Å². The summed E-state index contributed by atoms with van der Waals surface area (Å²) in [4.78, 5) is 26.3. The van der Waals surface area contributed by atoms with E-state index in [9.17, 15) is 9.59 Å². The fourth-order valence-corrected chi connectivity index (χ4v) is 4.82. The lowest BCUT2D eigenvalue weighted by Crippen LogP contribution is -2.40. The van der Waals surface area contributed by atoms with Crippen LogP contribution in [0.2, 0.25) is 5.02 Å². The maximum absolute atomic E-state index is 12.6. The third-order valence-electron chi connectivity index (χ3n) is 5.26. The molecule has 0 radical (unpaired) electrons. The minimum atomic E-state index is -0.554. The van der Waals surface area contributed by atoms with E-state index in [1.54, 1.807) is 24.3 Å². The van der Waals surface area contributed by atoms with Crippen LogP contribution >= 0.6 is 11.6 Å². The van der Waals surface area contributed by atoms with E-state index in [1.165, 1.54) is 0 Å². The van der Waals surface area contributed by atoms with Gasteiger partial charge in [-0.15, -0.1) is 0 Å². The first kappa shape index (κ1) is 19.0. The van der Waals surface area contributed by atoms with Gasteiger partial charge in [0.25, 0.3) is 5.91 Å². The summed E-state index contributed by atoms with van der Waals surface area (Å²) in [7, 11) is 0. The molecule has 1 heterocycles. The largest absolute Gasteiger partial charge is 0.482 e. The van der Waals surface area contributed by atoms with Crippen molar-refractivity contribution in [2.45, 2.75) is 46.1 Å². The Morgan fingerprint density at radius 3 is 2.54 bits per heavy atom. The third-order valence-corrected chi connectivity index (χ3v) is 5.51. The van der Waals surface area contributed by atoms with E-state index in [0.717, 1.165) is 25.8 Å². The summed E-state index contributed by atoms with van der Waals surface area (Å²) in [6.07, 6.45) is 3.16. The van der Waals surface area contributed by atoms with Crippen LogP contribution in [0.15, 0.2) is 24.3 Å². The first-order chi connectivity index (χ1) is 12.2. The first-order valence-electron chi connectivity index (χ1n) is 8.99. The second kappa shape index (κ2) is 7.10. The zero-order valence-electron chi connectivity index (χ0n) is 15.6. The van der Waals surface area contributed by atoms with Crippen LogP contribution in [-0.4, -0.2) is 42.6 Å². The smallest absolute Gasteiger partial charge is 0.344 e. The molecule has 1 aliphatic heterocycles. The van der Waals surface area contributed by atoms with E-state index in [0.29, 0.717) is 10.8 Å². The molecule has 6 heteroatoms. The summed E-state index contributed by atoms with van der Waals surface area (Å²) in [6, 6.07) is 6.96. The quantitative estimate of drug-likeness (QED) is 0.732. The number of ether oxygens (including phenoxy) is 2. The zero-order chi connectivity index (χ0) is 18.9. The number of halogens is 1. The number of benzene rings is 1. The second-order valence-electron chi connectivity index (χ2n) is 8.64. The van der Waals surface area contributed by atoms with Crippen molar-refractivity contribution in [3.63, 3.8) is 0 Å². The fourth-order valence-electron chi connectivity index (χ4n) is 4.69. The number of hydrogen-bond acceptors (Lipinski definition) is 4. The summed E-state index contributed by atoms with van der Waals surface area (Å²) < 4.78 is 10.4. The molecule has 1 aliphatic carbocycles. The van der Waals surface area contributed by atoms with E-state index in [4.69, 9.17) is 21.1 Å². The number of carbonyl (C=O) groups excluding carboxylic acids is 2. The predicted molar refractivity (Wildman–Crippen MR) is 99.1 cm³/mol. The van der Waals surface area contributed by atoms with Gasteiger partial charge in [-0.1, -0.05) is 32.4 Å². The molecule has 26 heavy (non-hydrogen) atoms. The van der Waals surface area contributed by atoms with Crippen molar-refractivity contribution >= 4 is 23.5 Å². The molecule has 142 valence electrons. The van der Waals surface area contributed by atoms with Crippen LogP contribution < -0.4 is 4.74 Å². The highest BCUT2D eigenvalue weighted by Crippen LogP contribution is 2.52. The van der Waals surface area contributed by atoms with Gasteiger partial charge in [-0.25, -0.2) is 4.79 Å². The Morgan fingerprint density at radius 1 is 1.15 bits per heavy atom. The third kappa shape index (κ3) is 4.50. The van der Waals surface area contributed by atoms with Gasteiger partial charge in [0.1, 0.15) is 5.75 Å². The maximum atomic E-state index is 12.6. The average molecular weight is 380 g/mol. The molecule has 2 atom stereocenters. The lowest BCUT2D eigenvalue weighted by Gasteiger charge is -2.39. The lowest BCUT2D eigenvalue weighted by atomic mass is 9.65. The van der Waals surface area contributed by atoms with Crippen molar-refractivity contribution in [3.8, 4) is 5.75 Å². The summed E-state index contributed by atoms with van der Waals surface area (Å²) >= 11 is 5.80. The maximum Gasteiger partial charge on any atom is 0.344 e. The van der Waals surface area contributed by atoms with Crippen LogP contribution in [-0.2, 0) is 14.3 Å². The zero-order valence-corrected chi connectivity index (χ0v) is 16.3. The first-order valence-corrected chi connectivity index (χ1v) is 9.37. The Bertz CT molecular complexity index is 688. The SMILES string of the molecule is CC1(C)C[C@@H]2C[C@](C)(CN2C(=O)COC(=O)COc2ccc(Cl)cc2)C1. The fraction of sp³-hybridized carbons (Fsp3) is 0.600. The molecule has 0 unspecified atom stereocenters. The highest BCUT2D eigenvalue weighted by molar-refractivity contribution is 6.30. The molecule has 0 aromatic heterocycles. The van der Waals surface area contributed by atoms with Gasteiger partial charge in [0.05, 0.1) is 0 Å². The van der Waals surface area contributed by atoms with Gasteiger partial charge in [-0.2, -0.15) is 0 Å². The topological polar surface area (TPSA) is 55.8 Å². The lowest BCUT2D eigenvalue weighted by molar-refractivity contribution is -0.154. The summed E-state index contributed by atoms with van der Waals surface area (Å²) in [5, 5.41) is 0.596. The van der Waals surface area contributed by atoms with Crippen LogP contribution in [0.5, 0.6) is 5.75 Å². The monoisotopic (exact) mass is 379 g/mol. The Morgan fingerprint density at radius 2 is 1.85 bits per heavy atom. The Kier molecular flexibility index (Phi) is 5.20. The van der Waals surface area contributed by atoms with Crippen LogP contribution in [0.4, 0.5) is 0 Å². The minimum Gasteiger partial charge on any atom is -0.482 e. The Hall–Kier alpha value is -1.75. The number of nitrogens with zero attached hydrogens (tertiary/aromatic N) is 1. The molecule has 2 aliphatic rings. The molecular weight excluding hydrogens is 354 g/mol. The normalized spacial score (nSPS) is 26.5. The van der Waals surface area contributed by atoms with Crippen molar-refractivity contribution in [3.05, 3.63) is 29.3 Å². The van der Waals surface area contributed by atoms with Crippen molar-refractivity contribution in [1.82, 2.24) is 4.90 Å². The minimum absolute atomic E-state index is 0.115. The average Bonchev–Trinajstić information content (AvgIpc) is 2.81. The number of esters is 1. The van der Waals surface area contributed by atoms with Crippen LogP contribution in [0.25, 0.3) is 0 Å². The predicted octanol–water partition coefficient (Wildman–Crippen LogP) is 3.69. The number of hydrogen-bond donors (Lipinski definition) is 0. The number of rotatable bonds is 5. The van der Waals surface area contributed by atoms with Crippen LogP contribution in [0.3, 0.4) is 0 Å².